The van der Waals surface area contributed by atoms with Crippen LogP contribution in [0.25, 0.3) is 0 Å². The summed E-state index contributed by atoms with van der Waals surface area (Å²) in [7, 11) is 0. The van der Waals surface area contributed by atoms with E-state index in [1.54, 1.807) is 0 Å². The van der Waals surface area contributed by atoms with Crippen molar-refractivity contribution in [3.05, 3.63) is 0 Å². The first-order chi connectivity index (χ1) is 8.81. The van der Waals surface area contributed by atoms with Gasteiger partial charge in [0.25, 0.3) is 0 Å². The van der Waals surface area contributed by atoms with Gasteiger partial charge < -0.3 is 10.2 Å². The number of rotatable bonds is 4. The lowest BCUT2D eigenvalue weighted by Crippen LogP contribution is -2.43. The summed E-state index contributed by atoms with van der Waals surface area (Å²) in [5.74, 6) is 0.878. The molecular formula is C15H28N2O. The number of amides is 2. The number of hydrogen-bond acceptors (Lipinski definition) is 1. The van der Waals surface area contributed by atoms with Crippen LogP contribution in [-0.2, 0) is 0 Å². The van der Waals surface area contributed by atoms with Gasteiger partial charge in [0.15, 0.2) is 0 Å². The fourth-order valence-electron chi connectivity index (χ4n) is 3.49. The molecule has 1 aliphatic carbocycles. The Morgan fingerprint density at radius 1 is 1.17 bits per heavy atom. The molecule has 0 aromatic carbocycles. The second-order valence-electron chi connectivity index (χ2n) is 5.96. The highest BCUT2D eigenvalue weighted by molar-refractivity contribution is 5.74. The molecule has 0 aromatic rings. The van der Waals surface area contributed by atoms with E-state index in [1.807, 2.05) is 0 Å². The minimum atomic E-state index is 0.176. The maximum absolute atomic E-state index is 12.1. The topological polar surface area (TPSA) is 32.3 Å². The van der Waals surface area contributed by atoms with Crippen molar-refractivity contribution in [1.29, 1.82) is 0 Å². The molecule has 2 fully saturated rings. The van der Waals surface area contributed by atoms with Gasteiger partial charge in [-0.3, -0.25) is 0 Å². The summed E-state index contributed by atoms with van der Waals surface area (Å²) in [6, 6.07) is 0.695. The number of likely N-dealkylation sites (tertiary alicyclic amines) is 1. The van der Waals surface area contributed by atoms with Crippen molar-refractivity contribution in [3.8, 4) is 0 Å². The summed E-state index contributed by atoms with van der Waals surface area (Å²) in [5, 5.41) is 3.03. The number of carbonyl (C=O) groups excluding carboxylic acids is 1. The Bertz CT molecular complexity index is 261. The Morgan fingerprint density at radius 2 is 1.94 bits per heavy atom. The first-order valence-electron chi connectivity index (χ1n) is 7.85. The Morgan fingerprint density at radius 3 is 2.67 bits per heavy atom. The highest BCUT2D eigenvalue weighted by atomic mass is 16.2. The molecule has 0 radical (unpaired) electrons. The molecule has 1 saturated carbocycles. The van der Waals surface area contributed by atoms with Gasteiger partial charge in [-0.2, -0.15) is 0 Å². The van der Waals surface area contributed by atoms with Crippen molar-refractivity contribution in [1.82, 2.24) is 10.2 Å². The molecule has 0 unspecified atom stereocenters. The van der Waals surface area contributed by atoms with Crippen LogP contribution in [-0.4, -0.2) is 30.1 Å². The fraction of sp³-hybridized carbons (Fsp3) is 0.933. The van der Waals surface area contributed by atoms with Crippen LogP contribution in [0.2, 0.25) is 0 Å². The number of nitrogens with one attached hydrogen (secondary N) is 1. The van der Waals surface area contributed by atoms with Crippen LogP contribution in [0.5, 0.6) is 0 Å². The summed E-state index contributed by atoms with van der Waals surface area (Å²) < 4.78 is 0. The molecule has 2 rings (SSSR count). The largest absolute Gasteiger partial charge is 0.338 e. The highest BCUT2D eigenvalue weighted by Gasteiger charge is 2.30. The normalized spacial score (nSPS) is 25.4. The van der Waals surface area contributed by atoms with Gasteiger partial charge in [0.2, 0.25) is 0 Å². The molecule has 1 aliphatic heterocycles. The molecule has 1 atom stereocenters. The first kappa shape index (κ1) is 13.7. The second-order valence-corrected chi connectivity index (χ2v) is 5.96. The lowest BCUT2D eigenvalue weighted by molar-refractivity contribution is 0.178. The maximum atomic E-state index is 12.1. The van der Waals surface area contributed by atoms with E-state index >= 15 is 0 Å². The van der Waals surface area contributed by atoms with Crippen molar-refractivity contribution in [2.75, 3.05) is 13.1 Å². The smallest absolute Gasteiger partial charge is 0.317 e. The van der Waals surface area contributed by atoms with Crippen LogP contribution in [0.15, 0.2) is 0 Å². The fourth-order valence-corrected chi connectivity index (χ4v) is 3.49. The zero-order chi connectivity index (χ0) is 12.8. The maximum Gasteiger partial charge on any atom is 0.317 e. The van der Waals surface area contributed by atoms with E-state index < -0.39 is 0 Å². The zero-order valence-electron chi connectivity index (χ0n) is 11.8. The predicted octanol–water partition coefficient (Wildman–Crippen LogP) is 3.54. The van der Waals surface area contributed by atoms with Crippen LogP contribution in [0.1, 0.15) is 64.7 Å². The van der Waals surface area contributed by atoms with Gasteiger partial charge in [-0.25, -0.2) is 4.79 Å². The van der Waals surface area contributed by atoms with E-state index in [2.05, 4.69) is 17.1 Å². The van der Waals surface area contributed by atoms with Crippen molar-refractivity contribution in [2.24, 2.45) is 5.92 Å². The molecule has 3 heteroatoms. The lowest BCUT2D eigenvalue weighted by Gasteiger charge is -2.30. The van der Waals surface area contributed by atoms with Gasteiger partial charge in [0, 0.05) is 19.1 Å². The average Bonchev–Trinajstić information content (AvgIpc) is 2.85. The van der Waals surface area contributed by atoms with E-state index in [-0.39, 0.29) is 6.03 Å². The molecule has 3 nitrogen and oxygen atoms in total. The number of urea groups is 1. The molecule has 1 saturated heterocycles. The first-order valence-corrected chi connectivity index (χ1v) is 7.85. The number of carbonyl (C=O) groups is 1. The minimum absolute atomic E-state index is 0.176. The SMILES string of the molecule is CCCNC(=O)N1CCC[C@@H]1CC1CCCCC1. The van der Waals surface area contributed by atoms with E-state index in [4.69, 9.17) is 0 Å². The second kappa shape index (κ2) is 7.01. The Balaban J connectivity index is 1.80. The molecule has 1 heterocycles. The van der Waals surface area contributed by atoms with Crippen molar-refractivity contribution in [3.63, 3.8) is 0 Å². The quantitative estimate of drug-likeness (QED) is 0.815. The standard InChI is InChI=1S/C15H28N2O/c1-2-10-16-15(18)17-11-6-9-14(17)12-13-7-4-3-5-8-13/h13-14H,2-12H2,1H3,(H,16,18)/t14-/m1/s1. The molecular weight excluding hydrogens is 224 g/mol. The average molecular weight is 252 g/mol. The van der Waals surface area contributed by atoms with Crippen molar-refractivity contribution < 1.29 is 4.79 Å². The van der Waals surface area contributed by atoms with Crippen LogP contribution >= 0.6 is 0 Å². The van der Waals surface area contributed by atoms with Crippen LogP contribution in [0, 0.1) is 5.92 Å². The van der Waals surface area contributed by atoms with Gasteiger partial charge >= 0.3 is 6.03 Å². The van der Waals surface area contributed by atoms with Crippen LogP contribution in [0.4, 0.5) is 4.79 Å². The van der Waals surface area contributed by atoms with Gasteiger partial charge in [-0.1, -0.05) is 39.0 Å². The number of hydrogen-bond donors (Lipinski definition) is 1. The third kappa shape index (κ3) is 3.63. The molecule has 2 amide bonds. The summed E-state index contributed by atoms with van der Waals surface area (Å²) in [5.41, 5.74) is 0. The van der Waals surface area contributed by atoms with Gasteiger partial charge in [-0.05, 0) is 31.6 Å². The van der Waals surface area contributed by atoms with Crippen LogP contribution in [0.3, 0.4) is 0 Å². The van der Waals surface area contributed by atoms with Crippen molar-refractivity contribution in [2.45, 2.75) is 70.8 Å². The van der Waals surface area contributed by atoms with Crippen molar-refractivity contribution >= 4 is 6.03 Å². The third-order valence-electron chi connectivity index (χ3n) is 4.49. The summed E-state index contributed by atoms with van der Waals surface area (Å²) in [6.07, 6.45) is 11.7. The molecule has 0 aromatic heterocycles. The van der Waals surface area contributed by atoms with Gasteiger partial charge in [0.1, 0.15) is 0 Å². The molecule has 0 bridgehead atoms. The van der Waals surface area contributed by atoms with E-state index in [0.29, 0.717) is 6.04 Å². The van der Waals surface area contributed by atoms with Crippen LogP contribution < -0.4 is 5.32 Å². The van der Waals surface area contributed by atoms with Gasteiger partial charge in [-0.15, -0.1) is 0 Å². The minimum Gasteiger partial charge on any atom is -0.338 e. The zero-order valence-corrected chi connectivity index (χ0v) is 11.8. The molecule has 18 heavy (non-hydrogen) atoms. The Kier molecular flexibility index (Phi) is 5.33. The Labute approximate surface area is 111 Å². The van der Waals surface area contributed by atoms with E-state index in [1.165, 1.54) is 51.4 Å². The third-order valence-corrected chi connectivity index (χ3v) is 4.49. The summed E-state index contributed by atoms with van der Waals surface area (Å²) in [4.78, 5) is 14.2. The highest BCUT2D eigenvalue weighted by Crippen LogP contribution is 2.31. The molecule has 1 N–H and O–H groups in total. The Hall–Kier alpha value is -0.730. The van der Waals surface area contributed by atoms with E-state index in [9.17, 15) is 4.79 Å². The summed E-state index contributed by atoms with van der Waals surface area (Å²) >= 11 is 0. The lowest BCUT2D eigenvalue weighted by atomic mass is 9.84. The molecule has 104 valence electrons. The summed E-state index contributed by atoms with van der Waals surface area (Å²) in [6.45, 7) is 3.88. The monoisotopic (exact) mass is 252 g/mol. The molecule has 2 aliphatic rings. The molecule has 0 spiro atoms. The number of nitrogens with zero attached hydrogens (tertiary/aromatic N) is 1. The predicted molar refractivity (Wildman–Crippen MR) is 74.6 cm³/mol. The van der Waals surface area contributed by atoms with E-state index in [0.717, 1.165) is 25.4 Å². The van der Waals surface area contributed by atoms with Gasteiger partial charge in [0.05, 0.1) is 0 Å².